The van der Waals surface area contributed by atoms with E-state index in [9.17, 15) is 8.42 Å². The molecule has 1 saturated carbocycles. The highest BCUT2D eigenvalue weighted by molar-refractivity contribution is 7.89. The van der Waals surface area contributed by atoms with Crippen LogP contribution in [0.2, 0.25) is 0 Å². The molecule has 2 fully saturated rings. The largest absolute Gasteiger partial charge is 0.297 e. The molecule has 1 atom stereocenters. The molecule has 0 radical (unpaired) electrons. The van der Waals surface area contributed by atoms with E-state index >= 15 is 0 Å². The van der Waals surface area contributed by atoms with Gasteiger partial charge in [-0.05, 0) is 30.5 Å². The molecule has 0 bridgehead atoms. The van der Waals surface area contributed by atoms with E-state index in [0.717, 1.165) is 24.0 Å². The standard InChI is InChI=1S/C22H23N3O2S/c26-28(27,21-10-4-8-18-9-5-13-23-22(18)21)25-15-14-24(19-11-12-19)16-20(25)17-6-2-1-3-7-17/h1-10,13,19-20H,11-12,14-16H2. The second-order valence-electron chi connectivity index (χ2n) is 7.60. The summed E-state index contributed by atoms with van der Waals surface area (Å²) >= 11 is 0. The van der Waals surface area contributed by atoms with Crippen molar-refractivity contribution in [3.8, 4) is 0 Å². The van der Waals surface area contributed by atoms with Gasteiger partial charge in [-0.1, -0.05) is 48.5 Å². The fourth-order valence-corrected chi connectivity index (χ4v) is 5.97. The van der Waals surface area contributed by atoms with Crippen molar-refractivity contribution in [2.75, 3.05) is 19.6 Å². The fraction of sp³-hybridized carbons (Fsp3) is 0.318. The van der Waals surface area contributed by atoms with Gasteiger partial charge in [0.1, 0.15) is 4.90 Å². The van der Waals surface area contributed by atoms with Crippen LogP contribution in [0, 0.1) is 0 Å². The van der Waals surface area contributed by atoms with E-state index in [4.69, 9.17) is 0 Å². The van der Waals surface area contributed by atoms with E-state index in [0.29, 0.717) is 23.0 Å². The highest BCUT2D eigenvalue weighted by atomic mass is 32.2. The number of benzene rings is 2. The Balaban J connectivity index is 1.58. The Hall–Kier alpha value is -2.28. The minimum absolute atomic E-state index is 0.181. The van der Waals surface area contributed by atoms with Crippen molar-refractivity contribution in [1.82, 2.24) is 14.2 Å². The molecule has 2 aromatic carbocycles. The van der Waals surface area contributed by atoms with E-state index in [1.807, 2.05) is 48.5 Å². The molecule has 1 aliphatic heterocycles. The maximum Gasteiger partial charge on any atom is 0.245 e. The molecule has 144 valence electrons. The third kappa shape index (κ3) is 3.11. The molecule has 0 amide bonds. The van der Waals surface area contributed by atoms with Crippen molar-refractivity contribution in [3.05, 3.63) is 72.4 Å². The van der Waals surface area contributed by atoms with Gasteiger partial charge in [0.05, 0.1) is 11.6 Å². The van der Waals surface area contributed by atoms with Crippen LogP contribution in [0.25, 0.3) is 10.9 Å². The molecule has 1 aromatic heterocycles. The number of para-hydroxylation sites is 1. The average molecular weight is 394 g/mol. The van der Waals surface area contributed by atoms with Gasteiger partial charge < -0.3 is 0 Å². The van der Waals surface area contributed by atoms with Gasteiger partial charge in [-0.2, -0.15) is 4.31 Å². The number of nitrogens with zero attached hydrogens (tertiary/aromatic N) is 3. The van der Waals surface area contributed by atoms with Gasteiger partial charge in [0.15, 0.2) is 0 Å². The summed E-state index contributed by atoms with van der Waals surface area (Å²) in [7, 11) is -3.67. The van der Waals surface area contributed by atoms with Crippen LogP contribution < -0.4 is 0 Å². The molecular formula is C22H23N3O2S. The van der Waals surface area contributed by atoms with Crippen molar-refractivity contribution in [3.63, 3.8) is 0 Å². The van der Waals surface area contributed by atoms with Gasteiger partial charge in [-0.15, -0.1) is 0 Å². The topological polar surface area (TPSA) is 53.5 Å². The summed E-state index contributed by atoms with van der Waals surface area (Å²) in [6.45, 7) is 2.03. The van der Waals surface area contributed by atoms with Crippen LogP contribution in [-0.4, -0.2) is 48.3 Å². The summed E-state index contributed by atoms with van der Waals surface area (Å²) < 4.78 is 29.2. The minimum atomic E-state index is -3.67. The van der Waals surface area contributed by atoms with Crippen molar-refractivity contribution in [1.29, 1.82) is 0 Å². The normalized spacial score (nSPS) is 21.8. The lowest BCUT2D eigenvalue weighted by atomic mass is 10.0. The predicted octanol–water partition coefficient (Wildman–Crippen LogP) is 3.44. The Morgan fingerprint density at radius 1 is 0.893 bits per heavy atom. The number of piperazine rings is 1. The molecule has 28 heavy (non-hydrogen) atoms. The Kier molecular flexibility index (Phi) is 4.42. The summed E-state index contributed by atoms with van der Waals surface area (Å²) in [6, 6.07) is 19.6. The first-order valence-corrected chi connectivity index (χ1v) is 11.2. The van der Waals surface area contributed by atoms with E-state index in [-0.39, 0.29) is 6.04 Å². The molecule has 6 heteroatoms. The summed E-state index contributed by atoms with van der Waals surface area (Å²) in [6.07, 6.45) is 4.10. The van der Waals surface area contributed by atoms with E-state index < -0.39 is 10.0 Å². The highest BCUT2D eigenvalue weighted by Gasteiger charge is 2.41. The van der Waals surface area contributed by atoms with Crippen molar-refractivity contribution < 1.29 is 8.42 Å². The zero-order valence-electron chi connectivity index (χ0n) is 15.6. The van der Waals surface area contributed by atoms with E-state index in [1.54, 1.807) is 22.6 Å². The third-order valence-electron chi connectivity index (χ3n) is 5.79. The van der Waals surface area contributed by atoms with Crippen LogP contribution >= 0.6 is 0 Å². The van der Waals surface area contributed by atoms with Gasteiger partial charge in [0.2, 0.25) is 10.0 Å². The Labute approximate surface area is 165 Å². The zero-order chi connectivity index (χ0) is 19.1. The maximum absolute atomic E-state index is 13.7. The molecule has 1 saturated heterocycles. The number of rotatable bonds is 4. The van der Waals surface area contributed by atoms with Gasteiger partial charge in [-0.25, -0.2) is 8.42 Å². The molecule has 0 N–H and O–H groups in total. The minimum Gasteiger partial charge on any atom is -0.297 e. The smallest absolute Gasteiger partial charge is 0.245 e. The van der Waals surface area contributed by atoms with Gasteiger partial charge in [-0.3, -0.25) is 9.88 Å². The molecule has 2 aliphatic rings. The lowest BCUT2D eigenvalue weighted by Gasteiger charge is -2.41. The van der Waals surface area contributed by atoms with Crippen LogP contribution in [0.1, 0.15) is 24.4 Å². The SMILES string of the molecule is O=S(=O)(c1cccc2cccnc12)N1CCN(C2CC2)CC1c1ccccc1. The number of fused-ring (bicyclic) bond motifs is 1. The fourth-order valence-electron chi connectivity index (χ4n) is 4.20. The summed E-state index contributed by atoms with van der Waals surface area (Å²) in [5, 5.41) is 0.844. The number of sulfonamides is 1. The lowest BCUT2D eigenvalue weighted by molar-refractivity contribution is 0.129. The number of hydrogen-bond acceptors (Lipinski definition) is 4. The second-order valence-corrected chi connectivity index (χ2v) is 9.46. The Morgan fingerprint density at radius 3 is 2.46 bits per heavy atom. The molecule has 5 rings (SSSR count). The summed E-state index contributed by atoms with van der Waals surface area (Å²) in [4.78, 5) is 7.12. The number of aromatic nitrogens is 1. The van der Waals surface area contributed by atoms with E-state index in [2.05, 4.69) is 9.88 Å². The zero-order valence-corrected chi connectivity index (χ0v) is 16.4. The quantitative estimate of drug-likeness (QED) is 0.681. The van der Waals surface area contributed by atoms with Crippen LogP contribution in [0.15, 0.2) is 71.8 Å². The molecule has 1 aliphatic carbocycles. The van der Waals surface area contributed by atoms with Crippen molar-refractivity contribution >= 4 is 20.9 Å². The van der Waals surface area contributed by atoms with Crippen LogP contribution in [0.5, 0.6) is 0 Å². The summed E-state index contributed by atoms with van der Waals surface area (Å²) in [5.41, 5.74) is 1.59. The average Bonchev–Trinajstić information content (AvgIpc) is 3.59. The number of hydrogen-bond donors (Lipinski definition) is 0. The molecule has 5 nitrogen and oxygen atoms in total. The first kappa shape index (κ1) is 17.8. The number of pyridine rings is 1. The Morgan fingerprint density at radius 2 is 1.68 bits per heavy atom. The second kappa shape index (κ2) is 6.95. The predicted molar refractivity (Wildman–Crippen MR) is 109 cm³/mol. The molecule has 2 heterocycles. The van der Waals surface area contributed by atoms with Crippen LogP contribution in [-0.2, 0) is 10.0 Å². The maximum atomic E-state index is 13.7. The van der Waals surface area contributed by atoms with Gasteiger partial charge >= 0.3 is 0 Å². The molecule has 3 aromatic rings. The highest BCUT2D eigenvalue weighted by Crippen LogP contribution is 2.37. The van der Waals surface area contributed by atoms with Crippen LogP contribution in [0.4, 0.5) is 0 Å². The lowest BCUT2D eigenvalue weighted by Crippen LogP contribution is -2.51. The molecule has 0 spiro atoms. The first-order valence-electron chi connectivity index (χ1n) is 9.79. The molecular weight excluding hydrogens is 370 g/mol. The summed E-state index contributed by atoms with van der Waals surface area (Å²) in [5.74, 6) is 0. The first-order chi connectivity index (χ1) is 13.6. The Bertz CT molecular complexity index is 1090. The van der Waals surface area contributed by atoms with Gasteiger partial charge in [0.25, 0.3) is 0 Å². The molecule has 1 unspecified atom stereocenters. The van der Waals surface area contributed by atoms with Crippen molar-refractivity contribution in [2.24, 2.45) is 0 Å². The van der Waals surface area contributed by atoms with E-state index in [1.165, 1.54) is 12.8 Å². The van der Waals surface area contributed by atoms with Crippen molar-refractivity contribution in [2.45, 2.75) is 29.8 Å². The van der Waals surface area contributed by atoms with Crippen LogP contribution in [0.3, 0.4) is 0 Å². The monoisotopic (exact) mass is 393 g/mol. The third-order valence-corrected chi connectivity index (χ3v) is 7.73. The van der Waals surface area contributed by atoms with Gasteiger partial charge in [0, 0.05) is 37.3 Å².